The third-order valence-corrected chi connectivity index (χ3v) is 4.01. The maximum atomic E-state index is 5.98. The Morgan fingerprint density at radius 3 is 2.71 bits per heavy atom. The molecule has 1 heterocycles. The number of halogens is 2. The summed E-state index contributed by atoms with van der Waals surface area (Å²) in [6.07, 6.45) is 2.53. The Morgan fingerprint density at radius 1 is 1.29 bits per heavy atom. The zero-order valence-electron chi connectivity index (χ0n) is 9.84. The van der Waals surface area contributed by atoms with E-state index in [1.807, 2.05) is 6.07 Å². The van der Waals surface area contributed by atoms with Crippen molar-refractivity contribution < 1.29 is 4.42 Å². The Kier molecular flexibility index (Phi) is 3.95. The van der Waals surface area contributed by atoms with Gasteiger partial charge in [-0.15, -0.1) is 0 Å². The van der Waals surface area contributed by atoms with Crippen molar-refractivity contribution in [3.63, 3.8) is 0 Å². The molecule has 1 aromatic heterocycles. The van der Waals surface area contributed by atoms with E-state index < -0.39 is 0 Å². The number of aryl methyl sites for hydroxylation is 2. The van der Waals surface area contributed by atoms with Crippen molar-refractivity contribution in [1.82, 2.24) is 0 Å². The van der Waals surface area contributed by atoms with Crippen LogP contribution in [-0.4, -0.2) is 0 Å². The Bertz CT molecular complexity index is 519. The smallest absolute Gasteiger partial charge is 0.197 e. The summed E-state index contributed by atoms with van der Waals surface area (Å²) in [4.78, 5) is 0.189. The third kappa shape index (κ3) is 2.93. The molecule has 0 N–H and O–H groups in total. The average molecular weight is 314 g/mol. The lowest BCUT2D eigenvalue weighted by Gasteiger charge is -2.11. The van der Waals surface area contributed by atoms with E-state index in [0.29, 0.717) is 5.22 Å². The molecule has 1 nitrogen and oxygen atoms in total. The highest BCUT2D eigenvalue weighted by Crippen LogP contribution is 2.33. The zero-order chi connectivity index (χ0) is 12.4. The Labute approximate surface area is 115 Å². The van der Waals surface area contributed by atoms with Crippen LogP contribution in [-0.2, 0) is 6.42 Å². The van der Waals surface area contributed by atoms with E-state index in [2.05, 4.69) is 48.0 Å². The second kappa shape index (κ2) is 5.28. The number of alkyl halides is 1. The van der Waals surface area contributed by atoms with Crippen molar-refractivity contribution in [2.45, 2.75) is 25.1 Å². The van der Waals surface area contributed by atoms with Crippen molar-refractivity contribution in [1.29, 1.82) is 0 Å². The fraction of sp³-hybridized carbons (Fsp3) is 0.286. The van der Waals surface area contributed by atoms with Gasteiger partial charge in [0.15, 0.2) is 5.22 Å². The van der Waals surface area contributed by atoms with Crippen LogP contribution in [0, 0.1) is 13.8 Å². The molecule has 0 aliphatic rings. The first kappa shape index (κ1) is 12.7. The van der Waals surface area contributed by atoms with Crippen LogP contribution in [0.15, 0.2) is 34.9 Å². The summed E-state index contributed by atoms with van der Waals surface area (Å²) in [7, 11) is 0. The van der Waals surface area contributed by atoms with Crippen LogP contribution in [0.1, 0.15) is 27.1 Å². The Balaban J connectivity index is 2.21. The van der Waals surface area contributed by atoms with Crippen LogP contribution < -0.4 is 0 Å². The van der Waals surface area contributed by atoms with Gasteiger partial charge in [-0.05, 0) is 49.1 Å². The lowest BCUT2D eigenvalue weighted by atomic mass is 10.00. The number of rotatable bonds is 3. The van der Waals surface area contributed by atoms with Crippen LogP contribution in [0.4, 0.5) is 0 Å². The predicted octanol–water partition coefficient (Wildman–Crippen LogP) is 5.23. The molecular formula is C14H14BrClO. The third-order valence-electron chi connectivity index (χ3n) is 2.89. The quantitative estimate of drug-likeness (QED) is 0.707. The molecule has 2 rings (SSSR count). The Morgan fingerprint density at radius 2 is 2.06 bits per heavy atom. The molecule has 2 aromatic rings. The van der Waals surface area contributed by atoms with Crippen molar-refractivity contribution in [3.05, 3.63) is 58.0 Å². The van der Waals surface area contributed by atoms with Gasteiger partial charge in [-0.25, -0.2) is 0 Å². The molecule has 0 saturated heterocycles. The lowest BCUT2D eigenvalue weighted by Crippen LogP contribution is -1.97. The maximum absolute atomic E-state index is 5.98. The predicted molar refractivity (Wildman–Crippen MR) is 75.0 cm³/mol. The molecule has 0 spiro atoms. The standard InChI is InChI=1S/C14H14BrClO/c1-9-3-4-10(2)11(7-9)8-13(15)12-5-6-17-14(12)16/h3-7,13H,8H2,1-2H3. The molecule has 1 aromatic carbocycles. The molecule has 17 heavy (non-hydrogen) atoms. The van der Waals surface area contributed by atoms with E-state index in [1.165, 1.54) is 16.7 Å². The summed E-state index contributed by atoms with van der Waals surface area (Å²) in [5.41, 5.74) is 4.93. The maximum Gasteiger partial charge on any atom is 0.197 e. The highest BCUT2D eigenvalue weighted by molar-refractivity contribution is 9.09. The zero-order valence-corrected chi connectivity index (χ0v) is 12.2. The Hall–Kier alpha value is -0.730. The van der Waals surface area contributed by atoms with E-state index in [0.717, 1.165) is 12.0 Å². The van der Waals surface area contributed by atoms with Gasteiger partial charge in [-0.2, -0.15) is 0 Å². The molecule has 0 amide bonds. The first-order chi connectivity index (χ1) is 8.08. The van der Waals surface area contributed by atoms with Gasteiger partial charge in [0, 0.05) is 10.4 Å². The van der Waals surface area contributed by atoms with E-state index >= 15 is 0 Å². The minimum absolute atomic E-state index is 0.189. The highest BCUT2D eigenvalue weighted by atomic mass is 79.9. The van der Waals surface area contributed by atoms with Crippen molar-refractivity contribution in [2.75, 3.05) is 0 Å². The molecule has 0 radical (unpaired) electrons. The first-order valence-corrected chi connectivity index (χ1v) is 6.80. The average Bonchev–Trinajstić information content (AvgIpc) is 2.70. The van der Waals surface area contributed by atoms with Gasteiger partial charge in [-0.3, -0.25) is 0 Å². The molecule has 1 unspecified atom stereocenters. The van der Waals surface area contributed by atoms with Crippen LogP contribution in [0.3, 0.4) is 0 Å². The molecule has 3 heteroatoms. The minimum Gasteiger partial charge on any atom is -0.453 e. The van der Waals surface area contributed by atoms with E-state index in [9.17, 15) is 0 Å². The molecule has 0 aliphatic carbocycles. The summed E-state index contributed by atoms with van der Waals surface area (Å²) >= 11 is 9.64. The van der Waals surface area contributed by atoms with Gasteiger partial charge >= 0.3 is 0 Å². The normalized spacial score (nSPS) is 12.7. The molecule has 90 valence electrons. The summed E-state index contributed by atoms with van der Waals surface area (Å²) < 4.78 is 5.11. The van der Waals surface area contributed by atoms with Crippen LogP contribution in [0.5, 0.6) is 0 Å². The molecule has 1 atom stereocenters. The van der Waals surface area contributed by atoms with E-state index in [1.54, 1.807) is 6.26 Å². The van der Waals surface area contributed by atoms with E-state index in [-0.39, 0.29) is 4.83 Å². The second-order valence-electron chi connectivity index (χ2n) is 4.25. The van der Waals surface area contributed by atoms with Gasteiger partial charge in [-0.1, -0.05) is 39.7 Å². The highest BCUT2D eigenvalue weighted by Gasteiger charge is 2.15. The molecule has 0 bridgehead atoms. The van der Waals surface area contributed by atoms with Crippen LogP contribution >= 0.6 is 27.5 Å². The van der Waals surface area contributed by atoms with Crippen molar-refractivity contribution in [2.24, 2.45) is 0 Å². The van der Waals surface area contributed by atoms with Gasteiger partial charge in [0.05, 0.1) is 6.26 Å². The van der Waals surface area contributed by atoms with Crippen molar-refractivity contribution in [3.8, 4) is 0 Å². The topological polar surface area (TPSA) is 13.1 Å². The van der Waals surface area contributed by atoms with Gasteiger partial charge in [0.25, 0.3) is 0 Å². The molecule has 0 saturated carbocycles. The van der Waals surface area contributed by atoms with Crippen molar-refractivity contribution >= 4 is 27.5 Å². The SMILES string of the molecule is Cc1ccc(C)c(CC(Br)c2ccoc2Cl)c1. The fourth-order valence-electron chi connectivity index (χ4n) is 1.85. The molecular weight excluding hydrogens is 300 g/mol. The summed E-state index contributed by atoms with van der Waals surface area (Å²) in [6.45, 7) is 4.24. The van der Waals surface area contributed by atoms with Gasteiger partial charge < -0.3 is 4.42 Å². The largest absolute Gasteiger partial charge is 0.453 e. The summed E-state index contributed by atoms with van der Waals surface area (Å²) in [5, 5.41) is 0.470. The second-order valence-corrected chi connectivity index (χ2v) is 5.70. The number of benzene rings is 1. The molecule has 0 fully saturated rings. The molecule has 0 aliphatic heterocycles. The first-order valence-electron chi connectivity index (χ1n) is 5.51. The van der Waals surface area contributed by atoms with Gasteiger partial charge in [0.2, 0.25) is 0 Å². The summed E-state index contributed by atoms with van der Waals surface area (Å²) in [5.74, 6) is 0. The number of hydrogen-bond acceptors (Lipinski definition) is 1. The van der Waals surface area contributed by atoms with Gasteiger partial charge in [0.1, 0.15) is 0 Å². The number of hydrogen-bond donors (Lipinski definition) is 0. The fourth-order valence-corrected chi connectivity index (χ4v) is 2.94. The monoisotopic (exact) mass is 312 g/mol. The lowest BCUT2D eigenvalue weighted by molar-refractivity contribution is 0.565. The minimum atomic E-state index is 0.189. The van der Waals surface area contributed by atoms with E-state index in [4.69, 9.17) is 16.0 Å². The van der Waals surface area contributed by atoms with Crippen LogP contribution in [0.25, 0.3) is 0 Å². The van der Waals surface area contributed by atoms with Crippen LogP contribution in [0.2, 0.25) is 5.22 Å². The summed E-state index contributed by atoms with van der Waals surface area (Å²) in [6, 6.07) is 8.42. The number of furan rings is 1.